The van der Waals surface area contributed by atoms with E-state index in [0.717, 1.165) is 0 Å². The topological polar surface area (TPSA) is 207 Å². The number of carboxylic acids is 2. The van der Waals surface area contributed by atoms with Gasteiger partial charge in [0, 0.05) is 12.1 Å². The summed E-state index contributed by atoms with van der Waals surface area (Å²) < 4.78 is 26.9. The number of aliphatic hydroxyl groups excluding tert-OH is 2. The number of carboxylic acid groups (broad SMARTS) is 2. The van der Waals surface area contributed by atoms with Crippen LogP contribution in [0.3, 0.4) is 0 Å². The van der Waals surface area contributed by atoms with E-state index in [1.807, 2.05) is 0 Å². The molecule has 4 saturated carbocycles. The summed E-state index contributed by atoms with van der Waals surface area (Å²) in [5.74, 6) is -6.12. The van der Waals surface area contributed by atoms with Crippen LogP contribution in [0.25, 0.3) is 0 Å². The molecule has 0 saturated heterocycles. The summed E-state index contributed by atoms with van der Waals surface area (Å²) in [4.78, 5) is 48.9. The zero-order valence-corrected chi connectivity index (χ0v) is 24.1. The van der Waals surface area contributed by atoms with Crippen molar-refractivity contribution in [1.29, 1.82) is 0 Å². The lowest BCUT2D eigenvalue weighted by Crippen LogP contribution is -2.49. The Labute approximate surface area is 240 Å². The molecule has 6 unspecified atom stereocenters. The van der Waals surface area contributed by atoms with Crippen LogP contribution in [0.5, 0.6) is 0 Å². The smallest absolute Gasteiger partial charge is 0.307 e. The summed E-state index contributed by atoms with van der Waals surface area (Å²) in [7, 11) is -3.43. The van der Waals surface area contributed by atoms with Crippen molar-refractivity contribution < 1.29 is 48.0 Å². The van der Waals surface area contributed by atoms with Crippen LogP contribution < -0.4 is 10.6 Å². The number of amides is 2. The average Bonchev–Trinajstić information content (AvgIpc) is 2.93. The molecule has 4 aliphatic rings. The van der Waals surface area contributed by atoms with E-state index < -0.39 is 68.2 Å². The number of rotatable bonds is 8. The van der Waals surface area contributed by atoms with Crippen LogP contribution in [-0.4, -0.2) is 87.4 Å². The van der Waals surface area contributed by atoms with Crippen molar-refractivity contribution in [2.75, 3.05) is 0 Å². The maximum absolute atomic E-state index is 13.4. The first kappa shape index (κ1) is 31.7. The summed E-state index contributed by atoms with van der Waals surface area (Å²) in [6, 6.07) is -0.470. The Bertz CT molecular complexity index is 1000. The lowest BCUT2D eigenvalue weighted by Gasteiger charge is -2.36. The van der Waals surface area contributed by atoms with E-state index in [1.54, 1.807) is 0 Å². The number of hydrogen-bond donors (Lipinski definition) is 6. The van der Waals surface area contributed by atoms with Crippen molar-refractivity contribution in [3.05, 3.63) is 0 Å². The van der Waals surface area contributed by atoms with Gasteiger partial charge in [-0.1, -0.05) is 0 Å². The third kappa shape index (κ3) is 7.59. The third-order valence-corrected chi connectivity index (χ3v) is 12.7. The fourth-order valence-corrected chi connectivity index (χ4v) is 9.83. The predicted octanol–water partition coefficient (Wildman–Crippen LogP) is 0.980. The zero-order chi connectivity index (χ0) is 29.9. The lowest BCUT2D eigenvalue weighted by atomic mass is 9.77. The molecule has 0 heterocycles. The molecule has 0 spiro atoms. The molecule has 4 aliphatic carbocycles. The maximum atomic E-state index is 13.4. The molecule has 2 amide bonds. The van der Waals surface area contributed by atoms with Gasteiger partial charge in [-0.15, -0.1) is 0 Å². The van der Waals surface area contributed by atoms with Gasteiger partial charge < -0.3 is 31.1 Å². The van der Waals surface area contributed by atoms with Gasteiger partial charge in [0.15, 0.2) is 9.84 Å². The van der Waals surface area contributed by atoms with Crippen molar-refractivity contribution in [1.82, 2.24) is 10.6 Å². The van der Waals surface area contributed by atoms with E-state index in [1.165, 1.54) is 0 Å². The number of hydrogen-bond acceptors (Lipinski definition) is 8. The Kier molecular flexibility index (Phi) is 10.3. The highest BCUT2D eigenvalue weighted by Gasteiger charge is 2.43. The van der Waals surface area contributed by atoms with Crippen molar-refractivity contribution in [2.45, 2.75) is 125 Å². The number of aliphatic hydroxyl groups is 2. The van der Waals surface area contributed by atoms with Gasteiger partial charge >= 0.3 is 11.9 Å². The standard InChI is InChI=1S/C28H44N2O10S/c31-17-5-11-21(27(35)36)23(13-17)25(33)29-15-1-7-19(8-2-15)41(39,40)20-9-3-16(4-10-20)30-26(34)24-14-18(32)6-12-22(24)28(37)38/h15-24,31-32H,1-14H2,(H,29,33)(H,30,34)(H,35,36)(H,37,38). The molecule has 232 valence electrons. The van der Waals surface area contributed by atoms with Crippen LogP contribution in [0.2, 0.25) is 0 Å². The van der Waals surface area contributed by atoms with E-state index >= 15 is 0 Å². The number of aliphatic carboxylic acids is 2. The SMILES string of the molecule is O=C(O)C1CCC(O)CC1C(=O)NC1CCC(S(=O)(=O)C2CCC(NC(=O)C3CC(O)CCC3C(=O)O)CC2)CC1. The molecule has 0 radical (unpaired) electrons. The Morgan fingerprint density at radius 2 is 0.854 bits per heavy atom. The highest BCUT2D eigenvalue weighted by molar-refractivity contribution is 7.92. The Balaban J connectivity index is 1.24. The number of nitrogens with one attached hydrogen (secondary N) is 2. The van der Waals surface area contributed by atoms with E-state index in [4.69, 9.17) is 0 Å². The second-order valence-corrected chi connectivity index (χ2v) is 15.1. The molecular weight excluding hydrogens is 556 g/mol. The van der Waals surface area contributed by atoms with Gasteiger partial charge in [0.05, 0.1) is 46.4 Å². The third-order valence-electron chi connectivity index (χ3n) is 9.92. The summed E-state index contributed by atoms with van der Waals surface area (Å²) >= 11 is 0. The van der Waals surface area contributed by atoms with Crippen LogP contribution in [-0.2, 0) is 29.0 Å². The summed E-state index contributed by atoms with van der Waals surface area (Å²) in [6.07, 6.45) is 3.55. The molecule has 41 heavy (non-hydrogen) atoms. The molecule has 12 nitrogen and oxygen atoms in total. The quantitative estimate of drug-likeness (QED) is 0.233. The summed E-state index contributed by atoms with van der Waals surface area (Å²) in [6.45, 7) is 0. The van der Waals surface area contributed by atoms with Gasteiger partial charge in [-0.05, 0) is 89.9 Å². The minimum absolute atomic E-state index is 0.110. The minimum atomic E-state index is -3.43. The molecule has 0 aromatic heterocycles. The van der Waals surface area contributed by atoms with E-state index in [-0.39, 0.29) is 49.6 Å². The monoisotopic (exact) mass is 600 g/mol. The van der Waals surface area contributed by atoms with Crippen molar-refractivity contribution in [2.24, 2.45) is 23.7 Å². The molecule has 0 aromatic rings. The Hall–Kier alpha value is -2.25. The first-order valence-electron chi connectivity index (χ1n) is 15.0. The Morgan fingerprint density at radius 3 is 1.17 bits per heavy atom. The molecule has 0 bridgehead atoms. The predicted molar refractivity (Wildman–Crippen MR) is 146 cm³/mol. The molecule has 13 heteroatoms. The molecule has 6 atom stereocenters. The second-order valence-electron chi connectivity index (χ2n) is 12.6. The summed E-state index contributed by atoms with van der Waals surface area (Å²) in [5.41, 5.74) is 0. The number of carbonyl (C=O) groups excluding carboxylic acids is 2. The number of sulfone groups is 1. The van der Waals surface area contributed by atoms with Crippen molar-refractivity contribution in [3.63, 3.8) is 0 Å². The van der Waals surface area contributed by atoms with Crippen LogP contribution >= 0.6 is 0 Å². The minimum Gasteiger partial charge on any atom is -0.481 e. The average molecular weight is 601 g/mol. The van der Waals surface area contributed by atoms with E-state index in [0.29, 0.717) is 64.2 Å². The largest absolute Gasteiger partial charge is 0.481 e. The zero-order valence-electron chi connectivity index (χ0n) is 23.3. The highest BCUT2D eigenvalue weighted by atomic mass is 32.2. The maximum Gasteiger partial charge on any atom is 0.307 e. The van der Waals surface area contributed by atoms with Crippen molar-refractivity contribution in [3.8, 4) is 0 Å². The van der Waals surface area contributed by atoms with Gasteiger partial charge in [-0.2, -0.15) is 0 Å². The lowest BCUT2D eigenvalue weighted by molar-refractivity contribution is -0.151. The molecule has 0 aliphatic heterocycles. The number of carbonyl (C=O) groups is 4. The van der Waals surface area contributed by atoms with Gasteiger partial charge in [0.2, 0.25) is 11.8 Å². The van der Waals surface area contributed by atoms with Gasteiger partial charge in [0.1, 0.15) is 0 Å². The fourth-order valence-electron chi connectivity index (χ4n) is 7.43. The van der Waals surface area contributed by atoms with Crippen LogP contribution in [0.4, 0.5) is 0 Å². The highest BCUT2D eigenvalue weighted by Crippen LogP contribution is 2.35. The molecular formula is C28H44N2O10S. The van der Waals surface area contributed by atoms with Gasteiger partial charge in [-0.25, -0.2) is 8.42 Å². The molecule has 0 aromatic carbocycles. The van der Waals surface area contributed by atoms with Gasteiger partial charge in [-0.3, -0.25) is 19.2 Å². The summed E-state index contributed by atoms with van der Waals surface area (Å²) in [5, 5.41) is 43.6. The second kappa shape index (κ2) is 13.4. The van der Waals surface area contributed by atoms with Gasteiger partial charge in [0.25, 0.3) is 0 Å². The van der Waals surface area contributed by atoms with Crippen LogP contribution in [0.15, 0.2) is 0 Å². The first-order chi connectivity index (χ1) is 19.4. The first-order valence-corrected chi connectivity index (χ1v) is 16.6. The molecule has 4 rings (SSSR count). The van der Waals surface area contributed by atoms with E-state index in [9.17, 15) is 48.0 Å². The molecule has 6 N–H and O–H groups in total. The Morgan fingerprint density at radius 1 is 0.512 bits per heavy atom. The van der Waals surface area contributed by atoms with E-state index in [2.05, 4.69) is 10.6 Å². The van der Waals surface area contributed by atoms with Crippen molar-refractivity contribution >= 4 is 33.6 Å². The molecule has 4 fully saturated rings. The normalized spacial score (nSPS) is 38.4. The van der Waals surface area contributed by atoms with Crippen LogP contribution in [0.1, 0.15) is 89.9 Å². The van der Waals surface area contributed by atoms with Crippen LogP contribution in [0, 0.1) is 23.7 Å². The fraction of sp³-hybridized carbons (Fsp3) is 0.857.